The summed E-state index contributed by atoms with van der Waals surface area (Å²) in [4.78, 5) is 7.28. The molecule has 2 fully saturated rings. The van der Waals surface area contributed by atoms with E-state index in [2.05, 4.69) is 59.7 Å². The van der Waals surface area contributed by atoms with Crippen LogP contribution in [0.5, 0.6) is 0 Å². The molecule has 1 heterocycles. The second kappa shape index (κ2) is 10.7. The summed E-state index contributed by atoms with van der Waals surface area (Å²) in [7, 11) is 0. The Morgan fingerprint density at radius 3 is 2.74 bits per heavy atom. The highest BCUT2D eigenvalue weighted by molar-refractivity contribution is 5.80. The molecule has 1 aromatic carbocycles. The molecule has 1 saturated heterocycles. The van der Waals surface area contributed by atoms with Gasteiger partial charge in [0.1, 0.15) is 0 Å². The number of aliphatic imine (C=N–C) groups is 1. The zero-order valence-corrected chi connectivity index (χ0v) is 17.0. The maximum absolute atomic E-state index is 5.69. The van der Waals surface area contributed by atoms with E-state index in [-0.39, 0.29) is 0 Å². The Kier molecular flexibility index (Phi) is 7.96. The van der Waals surface area contributed by atoms with Crippen molar-refractivity contribution in [1.82, 2.24) is 15.5 Å². The first kappa shape index (κ1) is 20.2. The maximum Gasteiger partial charge on any atom is 0.191 e. The molecule has 0 bridgehead atoms. The fourth-order valence-corrected chi connectivity index (χ4v) is 3.67. The molecule has 5 nitrogen and oxygen atoms in total. The highest BCUT2D eigenvalue weighted by Gasteiger charge is 2.26. The summed E-state index contributed by atoms with van der Waals surface area (Å²) in [5.41, 5.74) is 1.40. The van der Waals surface area contributed by atoms with Crippen molar-refractivity contribution in [2.45, 2.75) is 58.2 Å². The van der Waals surface area contributed by atoms with Gasteiger partial charge in [0.2, 0.25) is 0 Å². The normalized spacial score (nSPS) is 24.0. The molecule has 2 unspecified atom stereocenters. The van der Waals surface area contributed by atoms with Crippen LogP contribution in [0.25, 0.3) is 0 Å². The van der Waals surface area contributed by atoms with Gasteiger partial charge in [0.05, 0.1) is 13.2 Å². The molecule has 27 heavy (non-hydrogen) atoms. The molecular formula is C22H36N4O. The van der Waals surface area contributed by atoms with Crippen LogP contribution in [-0.2, 0) is 11.3 Å². The number of hydrogen-bond acceptors (Lipinski definition) is 3. The zero-order valence-electron chi connectivity index (χ0n) is 17.0. The molecular weight excluding hydrogens is 336 g/mol. The van der Waals surface area contributed by atoms with Crippen molar-refractivity contribution >= 4 is 5.96 Å². The van der Waals surface area contributed by atoms with Crippen molar-refractivity contribution in [2.75, 3.05) is 32.8 Å². The van der Waals surface area contributed by atoms with Gasteiger partial charge in [0.15, 0.2) is 5.96 Å². The van der Waals surface area contributed by atoms with Crippen LogP contribution in [0.2, 0.25) is 0 Å². The molecule has 150 valence electrons. The molecule has 2 aliphatic rings. The number of benzene rings is 1. The number of piperidine rings is 1. The zero-order chi connectivity index (χ0) is 18.9. The second-order valence-electron chi connectivity index (χ2n) is 7.95. The number of rotatable bonds is 9. The predicted molar refractivity (Wildman–Crippen MR) is 112 cm³/mol. The summed E-state index contributed by atoms with van der Waals surface area (Å²) in [6.07, 6.45) is 4.98. The Labute approximate surface area is 164 Å². The van der Waals surface area contributed by atoms with Crippen LogP contribution in [0.15, 0.2) is 35.3 Å². The largest absolute Gasteiger partial charge is 0.379 e. The van der Waals surface area contributed by atoms with E-state index >= 15 is 0 Å². The Hall–Kier alpha value is -1.59. The maximum atomic E-state index is 5.69. The van der Waals surface area contributed by atoms with E-state index in [1.165, 1.54) is 18.4 Å². The summed E-state index contributed by atoms with van der Waals surface area (Å²) < 4.78 is 5.69. The van der Waals surface area contributed by atoms with E-state index < -0.39 is 0 Å². The fraction of sp³-hybridized carbons (Fsp3) is 0.682. The second-order valence-corrected chi connectivity index (χ2v) is 7.95. The smallest absolute Gasteiger partial charge is 0.191 e. The minimum atomic E-state index is 0.484. The van der Waals surface area contributed by atoms with Gasteiger partial charge in [-0.25, -0.2) is 0 Å². The lowest BCUT2D eigenvalue weighted by molar-refractivity contribution is 0.130. The molecule has 0 aromatic heterocycles. The van der Waals surface area contributed by atoms with Gasteiger partial charge in [-0.05, 0) is 51.0 Å². The number of nitrogens with zero attached hydrogens (tertiary/aromatic N) is 2. The van der Waals surface area contributed by atoms with Crippen LogP contribution < -0.4 is 10.6 Å². The summed E-state index contributed by atoms with van der Waals surface area (Å²) in [5.74, 6) is 1.75. The first-order valence-corrected chi connectivity index (χ1v) is 10.6. The Morgan fingerprint density at radius 1 is 1.22 bits per heavy atom. The van der Waals surface area contributed by atoms with Crippen molar-refractivity contribution in [3.63, 3.8) is 0 Å². The van der Waals surface area contributed by atoms with Crippen LogP contribution in [0.3, 0.4) is 0 Å². The molecule has 2 atom stereocenters. The molecule has 5 heteroatoms. The van der Waals surface area contributed by atoms with Crippen molar-refractivity contribution in [3.8, 4) is 0 Å². The Balaban J connectivity index is 1.41. The van der Waals surface area contributed by atoms with Gasteiger partial charge in [-0.3, -0.25) is 9.89 Å². The van der Waals surface area contributed by atoms with Crippen LogP contribution in [0.4, 0.5) is 0 Å². The van der Waals surface area contributed by atoms with E-state index in [1.54, 1.807) is 0 Å². The van der Waals surface area contributed by atoms with Gasteiger partial charge in [-0.2, -0.15) is 0 Å². The van der Waals surface area contributed by atoms with Gasteiger partial charge in [-0.1, -0.05) is 30.3 Å². The van der Waals surface area contributed by atoms with E-state index in [0.29, 0.717) is 12.1 Å². The monoisotopic (exact) mass is 372 g/mol. The summed E-state index contributed by atoms with van der Waals surface area (Å²) in [5, 5.41) is 7.02. The first-order chi connectivity index (χ1) is 13.2. The first-order valence-electron chi connectivity index (χ1n) is 10.6. The highest BCUT2D eigenvalue weighted by atomic mass is 16.5. The molecule has 1 aliphatic carbocycles. The molecule has 0 amide bonds. The lowest BCUT2D eigenvalue weighted by Gasteiger charge is -2.38. The number of guanidine groups is 1. The average Bonchev–Trinajstić information content (AvgIpc) is 3.49. The number of likely N-dealkylation sites (tertiary alicyclic amines) is 1. The van der Waals surface area contributed by atoms with E-state index in [9.17, 15) is 0 Å². The summed E-state index contributed by atoms with van der Waals surface area (Å²) in [6.45, 7) is 9.87. The SMILES string of the molecule is CCNC(=NCCOCC1CC1)NC1CCN(Cc2ccccc2)C(C)C1. The molecule has 0 spiro atoms. The molecule has 1 aliphatic heterocycles. The predicted octanol–water partition coefficient (Wildman–Crippen LogP) is 3.02. The third kappa shape index (κ3) is 7.15. The third-order valence-electron chi connectivity index (χ3n) is 5.48. The van der Waals surface area contributed by atoms with Crippen LogP contribution in [-0.4, -0.2) is 55.8 Å². The number of ether oxygens (including phenoxy) is 1. The van der Waals surface area contributed by atoms with E-state index in [4.69, 9.17) is 9.73 Å². The van der Waals surface area contributed by atoms with Crippen LogP contribution >= 0.6 is 0 Å². The van der Waals surface area contributed by atoms with E-state index in [0.717, 1.165) is 64.1 Å². The number of nitrogens with one attached hydrogen (secondary N) is 2. The molecule has 3 rings (SSSR count). The topological polar surface area (TPSA) is 48.9 Å². The van der Waals surface area contributed by atoms with Gasteiger partial charge in [-0.15, -0.1) is 0 Å². The van der Waals surface area contributed by atoms with E-state index in [1.807, 2.05) is 0 Å². The molecule has 1 saturated carbocycles. The lowest BCUT2D eigenvalue weighted by Crippen LogP contribution is -2.51. The highest BCUT2D eigenvalue weighted by Crippen LogP contribution is 2.28. The molecule has 1 aromatic rings. The van der Waals surface area contributed by atoms with Crippen LogP contribution in [0.1, 0.15) is 45.1 Å². The minimum absolute atomic E-state index is 0.484. The quantitative estimate of drug-likeness (QED) is 0.397. The van der Waals surface area contributed by atoms with Gasteiger partial charge in [0, 0.05) is 38.3 Å². The van der Waals surface area contributed by atoms with Gasteiger partial charge >= 0.3 is 0 Å². The molecule has 2 N–H and O–H groups in total. The van der Waals surface area contributed by atoms with Gasteiger partial charge < -0.3 is 15.4 Å². The summed E-state index contributed by atoms with van der Waals surface area (Å²) in [6, 6.07) is 11.8. The van der Waals surface area contributed by atoms with Crippen LogP contribution in [0, 0.1) is 5.92 Å². The Bertz CT molecular complexity index is 573. The number of hydrogen-bond donors (Lipinski definition) is 2. The average molecular weight is 373 g/mol. The third-order valence-corrected chi connectivity index (χ3v) is 5.48. The standard InChI is InChI=1S/C22H36N4O/c1-3-23-22(24-12-14-27-17-20-9-10-20)25-21-11-13-26(18(2)15-21)16-19-7-5-4-6-8-19/h4-8,18,20-21H,3,9-17H2,1-2H3,(H2,23,24,25). The minimum Gasteiger partial charge on any atom is -0.379 e. The summed E-state index contributed by atoms with van der Waals surface area (Å²) >= 11 is 0. The lowest BCUT2D eigenvalue weighted by atomic mass is 9.97. The molecule has 0 radical (unpaired) electrons. The Morgan fingerprint density at radius 2 is 2.04 bits per heavy atom. The fourth-order valence-electron chi connectivity index (χ4n) is 3.67. The van der Waals surface area contributed by atoms with Gasteiger partial charge in [0.25, 0.3) is 0 Å². The van der Waals surface area contributed by atoms with Crippen molar-refractivity contribution in [3.05, 3.63) is 35.9 Å². The van der Waals surface area contributed by atoms with Crippen molar-refractivity contribution in [2.24, 2.45) is 10.9 Å². The van der Waals surface area contributed by atoms with Crippen molar-refractivity contribution < 1.29 is 4.74 Å². The van der Waals surface area contributed by atoms with Crippen molar-refractivity contribution in [1.29, 1.82) is 0 Å².